The third-order valence-corrected chi connectivity index (χ3v) is 3.35. The van der Waals surface area contributed by atoms with Gasteiger partial charge < -0.3 is 9.73 Å². The Morgan fingerprint density at radius 3 is 3.00 bits per heavy atom. The first-order chi connectivity index (χ1) is 8.70. The zero-order chi connectivity index (χ0) is 13.0. The number of hydrogen-bond donors (Lipinski definition) is 1. The van der Waals surface area contributed by atoms with Gasteiger partial charge in [-0.05, 0) is 53.8 Å². The highest BCUT2D eigenvalue weighted by Crippen LogP contribution is 2.26. The Balaban J connectivity index is 2.13. The van der Waals surface area contributed by atoms with Crippen molar-refractivity contribution >= 4 is 22.6 Å². The van der Waals surface area contributed by atoms with Crippen molar-refractivity contribution in [3.8, 4) is 11.3 Å². The molecule has 5 heteroatoms. The first kappa shape index (κ1) is 13.5. The van der Waals surface area contributed by atoms with Gasteiger partial charge in [-0.1, -0.05) is 6.92 Å². The summed E-state index contributed by atoms with van der Waals surface area (Å²) in [6.07, 6.45) is 2.75. The summed E-state index contributed by atoms with van der Waals surface area (Å²) in [5, 5.41) is 3.22. The third kappa shape index (κ3) is 3.29. The smallest absolute Gasteiger partial charge is 0.208 e. The van der Waals surface area contributed by atoms with Crippen LogP contribution in [0.4, 0.5) is 4.39 Å². The van der Waals surface area contributed by atoms with Crippen LogP contribution in [0.15, 0.2) is 28.8 Å². The molecular weight excluding hydrogens is 346 g/mol. The maximum Gasteiger partial charge on any atom is 0.208 e. The van der Waals surface area contributed by atoms with Gasteiger partial charge in [-0.3, -0.25) is 0 Å². The fourth-order valence-corrected chi connectivity index (χ4v) is 2.32. The molecule has 1 heterocycles. The predicted molar refractivity (Wildman–Crippen MR) is 76.6 cm³/mol. The molecule has 0 aliphatic rings. The van der Waals surface area contributed by atoms with Gasteiger partial charge in [-0.15, -0.1) is 0 Å². The summed E-state index contributed by atoms with van der Waals surface area (Å²) in [7, 11) is 0. The summed E-state index contributed by atoms with van der Waals surface area (Å²) in [6, 6.07) is 4.61. The summed E-state index contributed by atoms with van der Waals surface area (Å²) in [4.78, 5) is 4.20. The minimum absolute atomic E-state index is 0.243. The molecule has 0 fully saturated rings. The van der Waals surface area contributed by atoms with E-state index in [2.05, 4.69) is 39.8 Å². The van der Waals surface area contributed by atoms with Crippen LogP contribution in [-0.4, -0.2) is 11.5 Å². The van der Waals surface area contributed by atoms with Crippen molar-refractivity contribution in [1.82, 2.24) is 10.3 Å². The van der Waals surface area contributed by atoms with Gasteiger partial charge >= 0.3 is 0 Å². The fraction of sp³-hybridized carbons (Fsp3) is 0.308. The second kappa shape index (κ2) is 6.29. The van der Waals surface area contributed by atoms with Gasteiger partial charge in [0, 0.05) is 9.13 Å². The highest BCUT2D eigenvalue weighted by molar-refractivity contribution is 14.1. The zero-order valence-electron chi connectivity index (χ0n) is 10.0. The molecule has 0 atom stereocenters. The van der Waals surface area contributed by atoms with Crippen LogP contribution in [0.1, 0.15) is 19.2 Å². The zero-order valence-corrected chi connectivity index (χ0v) is 12.2. The number of nitrogens with one attached hydrogen (secondary N) is 1. The van der Waals surface area contributed by atoms with Crippen LogP contribution in [-0.2, 0) is 6.54 Å². The number of rotatable bonds is 5. The molecule has 18 heavy (non-hydrogen) atoms. The molecule has 1 N–H and O–H groups in total. The van der Waals surface area contributed by atoms with Crippen molar-refractivity contribution in [1.29, 1.82) is 0 Å². The molecule has 1 aromatic carbocycles. The molecule has 0 spiro atoms. The SMILES string of the molecule is CCCNCc1ncc(-c2ccc(F)cc2I)o1. The first-order valence-corrected chi connectivity index (χ1v) is 6.89. The molecule has 0 radical (unpaired) electrons. The molecule has 0 unspecified atom stereocenters. The lowest BCUT2D eigenvalue weighted by Crippen LogP contribution is -2.13. The molecule has 0 aliphatic heterocycles. The monoisotopic (exact) mass is 360 g/mol. The van der Waals surface area contributed by atoms with Crippen molar-refractivity contribution in [3.63, 3.8) is 0 Å². The van der Waals surface area contributed by atoms with Crippen molar-refractivity contribution in [3.05, 3.63) is 39.7 Å². The maximum absolute atomic E-state index is 13.0. The molecular formula is C13H14FIN2O. The van der Waals surface area contributed by atoms with E-state index in [4.69, 9.17) is 4.42 Å². The van der Waals surface area contributed by atoms with Gasteiger partial charge in [-0.25, -0.2) is 9.37 Å². The average molecular weight is 360 g/mol. The van der Waals surface area contributed by atoms with Gasteiger partial charge in [0.15, 0.2) is 5.76 Å². The Morgan fingerprint density at radius 1 is 1.44 bits per heavy atom. The van der Waals surface area contributed by atoms with E-state index >= 15 is 0 Å². The molecule has 0 saturated heterocycles. The van der Waals surface area contributed by atoms with Gasteiger partial charge in [0.05, 0.1) is 12.7 Å². The Hall–Kier alpha value is -0.950. The molecule has 2 rings (SSSR count). The van der Waals surface area contributed by atoms with Gasteiger partial charge in [-0.2, -0.15) is 0 Å². The number of benzene rings is 1. The van der Waals surface area contributed by atoms with E-state index in [1.807, 2.05) is 0 Å². The lowest BCUT2D eigenvalue weighted by atomic mass is 10.2. The summed E-state index contributed by atoms with van der Waals surface area (Å²) in [5.74, 6) is 1.08. The quantitative estimate of drug-likeness (QED) is 0.654. The number of nitrogens with zero attached hydrogens (tertiary/aromatic N) is 1. The molecule has 1 aromatic heterocycles. The van der Waals surface area contributed by atoms with Crippen molar-refractivity contribution in [2.45, 2.75) is 19.9 Å². The highest BCUT2D eigenvalue weighted by atomic mass is 127. The topological polar surface area (TPSA) is 38.1 Å². The predicted octanol–water partition coefficient (Wildman–Crippen LogP) is 3.58. The summed E-state index contributed by atoms with van der Waals surface area (Å²) >= 11 is 2.09. The Kier molecular flexibility index (Phi) is 4.71. The normalized spacial score (nSPS) is 10.8. The minimum atomic E-state index is -0.243. The van der Waals surface area contributed by atoms with E-state index in [9.17, 15) is 4.39 Å². The van der Waals surface area contributed by atoms with Gasteiger partial charge in [0.25, 0.3) is 0 Å². The summed E-state index contributed by atoms with van der Waals surface area (Å²) < 4.78 is 19.5. The molecule has 0 amide bonds. The van der Waals surface area contributed by atoms with Gasteiger partial charge in [0.2, 0.25) is 5.89 Å². The van der Waals surface area contributed by atoms with Crippen LogP contribution in [0.2, 0.25) is 0 Å². The third-order valence-electron chi connectivity index (χ3n) is 2.45. The highest BCUT2D eigenvalue weighted by Gasteiger charge is 2.10. The molecule has 3 nitrogen and oxygen atoms in total. The van der Waals surface area contributed by atoms with E-state index in [1.54, 1.807) is 12.3 Å². The molecule has 0 saturated carbocycles. The van der Waals surface area contributed by atoms with Crippen LogP contribution in [0.3, 0.4) is 0 Å². The van der Waals surface area contributed by atoms with Crippen LogP contribution >= 0.6 is 22.6 Å². The van der Waals surface area contributed by atoms with Gasteiger partial charge in [0.1, 0.15) is 5.82 Å². The lowest BCUT2D eigenvalue weighted by Gasteiger charge is -2.01. The van der Waals surface area contributed by atoms with Crippen molar-refractivity contribution in [2.24, 2.45) is 0 Å². The van der Waals surface area contributed by atoms with Crippen LogP contribution in [0.5, 0.6) is 0 Å². The minimum Gasteiger partial charge on any atom is -0.439 e. The van der Waals surface area contributed by atoms with E-state index in [-0.39, 0.29) is 5.82 Å². The second-order valence-corrected chi connectivity index (χ2v) is 5.08. The largest absolute Gasteiger partial charge is 0.439 e. The Labute approximate surface area is 119 Å². The summed E-state index contributed by atoms with van der Waals surface area (Å²) in [5.41, 5.74) is 0.867. The number of halogens is 2. The fourth-order valence-electron chi connectivity index (χ4n) is 1.58. The standard InChI is InChI=1S/C13H14FIN2O/c1-2-5-16-8-13-17-7-12(18-13)10-4-3-9(14)6-11(10)15/h3-4,6-7,16H,2,5,8H2,1H3. The Morgan fingerprint density at radius 2 is 2.28 bits per heavy atom. The van der Waals surface area contributed by atoms with Crippen molar-refractivity contribution < 1.29 is 8.81 Å². The summed E-state index contributed by atoms with van der Waals surface area (Å²) in [6.45, 7) is 3.66. The maximum atomic E-state index is 13.0. The lowest BCUT2D eigenvalue weighted by molar-refractivity contribution is 0.477. The van der Waals surface area contributed by atoms with E-state index in [0.29, 0.717) is 18.2 Å². The van der Waals surface area contributed by atoms with E-state index in [0.717, 1.165) is 22.1 Å². The number of hydrogen-bond acceptors (Lipinski definition) is 3. The second-order valence-electron chi connectivity index (χ2n) is 3.92. The molecule has 2 aromatic rings. The van der Waals surface area contributed by atoms with Crippen LogP contribution in [0.25, 0.3) is 11.3 Å². The Bertz CT molecular complexity index is 527. The van der Waals surface area contributed by atoms with Crippen LogP contribution in [0, 0.1) is 9.39 Å². The number of oxazole rings is 1. The first-order valence-electron chi connectivity index (χ1n) is 5.81. The average Bonchev–Trinajstić information content (AvgIpc) is 2.78. The van der Waals surface area contributed by atoms with E-state index in [1.165, 1.54) is 12.1 Å². The molecule has 0 bridgehead atoms. The van der Waals surface area contributed by atoms with Crippen LogP contribution < -0.4 is 5.32 Å². The molecule has 0 aliphatic carbocycles. The van der Waals surface area contributed by atoms with Crippen molar-refractivity contribution in [2.75, 3.05) is 6.54 Å². The number of aromatic nitrogens is 1. The van der Waals surface area contributed by atoms with E-state index < -0.39 is 0 Å². The molecule has 96 valence electrons.